The van der Waals surface area contributed by atoms with Gasteiger partial charge in [0.25, 0.3) is 0 Å². The summed E-state index contributed by atoms with van der Waals surface area (Å²) in [6.45, 7) is 7.09. The molecule has 0 spiro atoms. The van der Waals surface area contributed by atoms with Crippen LogP contribution in [0.5, 0.6) is 5.75 Å². The van der Waals surface area contributed by atoms with E-state index in [1.54, 1.807) is 7.11 Å². The lowest BCUT2D eigenvalue weighted by Crippen LogP contribution is -2.49. The number of nitrogens with one attached hydrogen (secondary N) is 2. The van der Waals surface area contributed by atoms with Gasteiger partial charge in [0.1, 0.15) is 5.75 Å². The van der Waals surface area contributed by atoms with Crippen LogP contribution in [0.3, 0.4) is 0 Å². The minimum Gasteiger partial charge on any atom is -0.496 e. The lowest BCUT2D eigenvalue weighted by molar-refractivity contribution is -0.123. The second kappa shape index (κ2) is 9.01. The number of nitrogens with zero attached hydrogens (tertiary/aromatic N) is 1. The number of para-hydroxylation sites is 1. The van der Waals surface area contributed by atoms with Gasteiger partial charge in [0, 0.05) is 25.2 Å². The number of rotatable bonds is 7. The van der Waals surface area contributed by atoms with Crippen molar-refractivity contribution in [3.05, 3.63) is 29.8 Å². The van der Waals surface area contributed by atoms with Gasteiger partial charge in [-0.2, -0.15) is 0 Å². The molecule has 1 aromatic rings. The number of amides is 1. The molecule has 1 heterocycles. The highest BCUT2D eigenvalue weighted by Crippen LogP contribution is 2.24. The van der Waals surface area contributed by atoms with Crippen molar-refractivity contribution in [2.75, 3.05) is 40.4 Å². The number of carbonyl (C=O) groups excluding carboxylic acids is 1. The van der Waals surface area contributed by atoms with Gasteiger partial charge in [0.15, 0.2) is 0 Å². The van der Waals surface area contributed by atoms with E-state index in [0.29, 0.717) is 6.54 Å². The van der Waals surface area contributed by atoms with Crippen LogP contribution in [0.15, 0.2) is 24.3 Å². The van der Waals surface area contributed by atoms with Gasteiger partial charge in [-0.1, -0.05) is 18.2 Å². The van der Waals surface area contributed by atoms with Gasteiger partial charge < -0.3 is 25.0 Å². The summed E-state index contributed by atoms with van der Waals surface area (Å²) >= 11 is 0. The molecule has 2 N–H and O–H groups in total. The van der Waals surface area contributed by atoms with Gasteiger partial charge in [0.05, 0.1) is 31.9 Å². The van der Waals surface area contributed by atoms with Crippen molar-refractivity contribution in [3.63, 3.8) is 0 Å². The number of hydrogen-bond acceptors (Lipinski definition) is 5. The zero-order valence-corrected chi connectivity index (χ0v) is 15.0. The summed E-state index contributed by atoms with van der Waals surface area (Å²) in [4.78, 5) is 14.6. The summed E-state index contributed by atoms with van der Waals surface area (Å²) in [5.41, 5.74) is 0.970. The minimum absolute atomic E-state index is 0.0300. The summed E-state index contributed by atoms with van der Waals surface area (Å²) in [5.74, 6) is 0.752. The summed E-state index contributed by atoms with van der Waals surface area (Å²) in [5, 5.41) is 6.30. The number of morpholine rings is 1. The Hall–Kier alpha value is -1.63. The largest absolute Gasteiger partial charge is 0.496 e. The van der Waals surface area contributed by atoms with E-state index in [9.17, 15) is 4.79 Å². The first-order valence-corrected chi connectivity index (χ1v) is 8.48. The van der Waals surface area contributed by atoms with E-state index < -0.39 is 0 Å². The Morgan fingerprint density at radius 1 is 1.42 bits per heavy atom. The Labute approximate surface area is 144 Å². The van der Waals surface area contributed by atoms with Crippen LogP contribution in [-0.4, -0.2) is 63.4 Å². The molecule has 3 atom stereocenters. The van der Waals surface area contributed by atoms with Crippen LogP contribution in [-0.2, 0) is 9.53 Å². The van der Waals surface area contributed by atoms with Crippen LogP contribution in [0.1, 0.15) is 25.5 Å². The van der Waals surface area contributed by atoms with Crippen LogP contribution in [0.4, 0.5) is 0 Å². The number of ether oxygens (including phenoxy) is 2. The molecule has 1 saturated heterocycles. The Balaban J connectivity index is 1.82. The van der Waals surface area contributed by atoms with E-state index in [4.69, 9.17) is 9.47 Å². The Bertz CT molecular complexity index is 538. The van der Waals surface area contributed by atoms with Gasteiger partial charge in [-0.25, -0.2) is 0 Å². The van der Waals surface area contributed by atoms with E-state index in [-0.39, 0.29) is 24.1 Å². The number of benzene rings is 1. The molecule has 0 aliphatic carbocycles. The highest BCUT2D eigenvalue weighted by Gasteiger charge is 2.21. The molecule has 6 nitrogen and oxygen atoms in total. The van der Waals surface area contributed by atoms with Crippen molar-refractivity contribution in [1.29, 1.82) is 0 Å². The number of likely N-dealkylation sites (N-methyl/N-ethyl adjacent to an activating group) is 1. The topological polar surface area (TPSA) is 62.8 Å². The number of carbonyl (C=O) groups is 1. The van der Waals surface area contributed by atoms with E-state index in [2.05, 4.69) is 22.6 Å². The molecular formula is C18H29N3O3. The third-order valence-electron chi connectivity index (χ3n) is 4.35. The fourth-order valence-corrected chi connectivity index (χ4v) is 2.83. The van der Waals surface area contributed by atoms with E-state index in [1.807, 2.05) is 38.1 Å². The summed E-state index contributed by atoms with van der Waals surface area (Å²) in [6.07, 6.45) is 0.130. The molecule has 0 unspecified atom stereocenters. The van der Waals surface area contributed by atoms with E-state index >= 15 is 0 Å². The Morgan fingerprint density at radius 3 is 2.88 bits per heavy atom. The van der Waals surface area contributed by atoms with Crippen LogP contribution >= 0.6 is 0 Å². The first kappa shape index (κ1) is 18.7. The predicted molar refractivity (Wildman–Crippen MR) is 94.3 cm³/mol. The van der Waals surface area contributed by atoms with Gasteiger partial charge in [-0.05, 0) is 27.0 Å². The molecule has 0 saturated carbocycles. The quantitative estimate of drug-likeness (QED) is 0.783. The van der Waals surface area contributed by atoms with Crippen molar-refractivity contribution in [3.8, 4) is 5.75 Å². The lowest BCUT2D eigenvalue weighted by atomic mass is 10.1. The molecular weight excluding hydrogens is 306 g/mol. The first-order valence-electron chi connectivity index (χ1n) is 8.48. The zero-order valence-electron chi connectivity index (χ0n) is 15.0. The molecule has 1 fully saturated rings. The fourth-order valence-electron chi connectivity index (χ4n) is 2.83. The van der Waals surface area contributed by atoms with Crippen molar-refractivity contribution in [2.45, 2.75) is 32.0 Å². The molecule has 1 aliphatic heterocycles. The molecule has 2 rings (SSSR count). The first-order chi connectivity index (χ1) is 11.5. The molecule has 24 heavy (non-hydrogen) atoms. The van der Waals surface area contributed by atoms with Gasteiger partial charge in [-0.15, -0.1) is 0 Å². The van der Waals surface area contributed by atoms with E-state index in [0.717, 1.165) is 31.0 Å². The zero-order chi connectivity index (χ0) is 17.5. The maximum Gasteiger partial charge on any atom is 0.237 e. The third kappa shape index (κ3) is 5.19. The second-order valence-electron chi connectivity index (χ2n) is 6.36. The molecule has 1 aromatic carbocycles. The van der Waals surface area contributed by atoms with Crippen LogP contribution in [0.25, 0.3) is 0 Å². The normalized spacial score (nSPS) is 21.1. The molecule has 134 valence electrons. The maximum absolute atomic E-state index is 12.4. The van der Waals surface area contributed by atoms with E-state index in [1.165, 1.54) is 0 Å². The van der Waals surface area contributed by atoms with Crippen molar-refractivity contribution >= 4 is 5.91 Å². The second-order valence-corrected chi connectivity index (χ2v) is 6.36. The summed E-state index contributed by atoms with van der Waals surface area (Å²) in [6, 6.07) is 7.33. The average Bonchev–Trinajstić information content (AvgIpc) is 2.59. The highest BCUT2D eigenvalue weighted by molar-refractivity contribution is 5.81. The molecule has 1 aliphatic rings. The molecule has 0 bridgehead atoms. The average molecular weight is 335 g/mol. The number of hydrogen-bond donors (Lipinski definition) is 2. The van der Waals surface area contributed by atoms with Gasteiger partial charge in [0.2, 0.25) is 5.91 Å². The summed E-state index contributed by atoms with van der Waals surface area (Å²) in [7, 11) is 3.72. The minimum atomic E-state index is -0.280. The standard InChI is InChI=1S/C18H29N3O3/c1-13(16-7-5-6-8-17(16)23-4)20-18(22)14(2)19-11-15-12-21(3)9-10-24-15/h5-8,13-15,19H,9-12H2,1-4H3,(H,20,22)/t13-,14-,15-/m0/s1. The Morgan fingerprint density at radius 2 is 2.17 bits per heavy atom. The third-order valence-corrected chi connectivity index (χ3v) is 4.35. The number of methoxy groups -OCH3 is 1. The van der Waals surface area contributed by atoms with Crippen molar-refractivity contribution in [2.24, 2.45) is 0 Å². The van der Waals surface area contributed by atoms with Gasteiger partial charge >= 0.3 is 0 Å². The maximum atomic E-state index is 12.4. The van der Waals surface area contributed by atoms with Crippen LogP contribution in [0.2, 0.25) is 0 Å². The van der Waals surface area contributed by atoms with Crippen LogP contribution < -0.4 is 15.4 Å². The molecule has 0 radical (unpaired) electrons. The molecule has 1 amide bonds. The van der Waals surface area contributed by atoms with Crippen LogP contribution in [0, 0.1) is 0 Å². The lowest BCUT2D eigenvalue weighted by Gasteiger charge is -2.31. The summed E-state index contributed by atoms with van der Waals surface area (Å²) < 4.78 is 11.1. The highest BCUT2D eigenvalue weighted by atomic mass is 16.5. The Kier molecular flexibility index (Phi) is 7.02. The molecule has 6 heteroatoms. The predicted octanol–water partition coefficient (Wildman–Crippen LogP) is 1.18. The monoisotopic (exact) mass is 335 g/mol. The van der Waals surface area contributed by atoms with Gasteiger partial charge in [-0.3, -0.25) is 4.79 Å². The smallest absolute Gasteiger partial charge is 0.237 e. The van der Waals surface area contributed by atoms with Crippen molar-refractivity contribution < 1.29 is 14.3 Å². The van der Waals surface area contributed by atoms with Crippen molar-refractivity contribution in [1.82, 2.24) is 15.5 Å². The SMILES string of the molecule is COc1ccccc1[C@H](C)NC(=O)[C@H](C)NC[C@H]1CN(C)CCO1. The molecule has 0 aromatic heterocycles. The fraction of sp³-hybridized carbons (Fsp3) is 0.611.